The normalized spacial score (nSPS) is 35.1. The van der Waals surface area contributed by atoms with Crippen molar-refractivity contribution in [1.29, 1.82) is 0 Å². The highest BCUT2D eigenvalue weighted by Crippen LogP contribution is 2.42. The SMILES string of the molecule is Cc1ccc2c(c1O)C(=O)c1ccc(OC3OC(COC4OC(C)C(O)C(O)C4O)C(O)C(O)C3O)c(O)c1C2=O. The van der Waals surface area contributed by atoms with Crippen molar-refractivity contribution in [3.63, 3.8) is 0 Å². The topological polar surface area (TPSA) is 233 Å². The number of hydrogen-bond acceptors (Lipinski definition) is 14. The standard InChI is InChI=1S/C27H30O14/c1-8-3-4-10-14(16(8)28)18(30)11-5-6-12(20(32)15(11)19(10)31)40-27-25(37)23(35)21(33)13(41-27)7-38-26-24(36)22(34)17(29)9(2)39-26/h3-6,9,13,17,21-29,32-37H,7H2,1-2H3. The van der Waals surface area contributed by atoms with Crippen molar-refractivity contribution < 1.29 is 69.4 Å². The molecule has 41 heavy (non-hydrogen) atoms. The molecule has 5 rings (SSSR count). The maximum absolute atomic E-state index is 13.2. The largest absolute Gasteiger partial charge is 0.507 e. The first-order valence-electron chi connectivity index (χ1n) is 12.8. The molecule has 2 aliphatic heterocycles. The van der Waals surface area contributed by atoms with Gasteiger partial charge in [-0.25, -0.2) is 0 Å². The minimum atomic E-state index is -1.84. The van der Waals surface area contributed by atoms with Crippen LogP contribution >= 0.6 is 0 Å². The molecule has 2 aromatic rings. The van der Waals surface area contributed by atoms with Gasteiger partial charge in [0.25, 0.3) is 0 Å². The molecule has 2 heterocycles. The van der Waals surface area contributed by atoms with Gasteiger partial charge in [-0.15, -0.1) is 0 Å². The number of benzene rings is 2. The number of aliphatic hydroxyl groups excluding tert-OH is 6. The van der Waals surface area contributed by atoms with Crippen LogP contribution in [0.15, 0.2) is 24.3 Å². The summed E-state index contributed by atoms with van der Waals surface area (Å²) in [6.07, 6.45) is -15.4. The van der Waals surface area contributed by atoms with E-state index < -0.39 is 96.6 Å². The van der Waals surface area contributed by atoms with E-state index in [1.165, 1.54) is 25.1 Å². The number of hydrogen-bond donors (Lipinski definition) is 8. The van der Waals surface area contributed by atoms with E-state index in [1.54, 1.807) is 6.92 Å². The predicted octanol–water partition coefficient (Wildman–Crippen LogP) is -1.79. The number of phenols is 2. The second kappa shape index (κ2) is 10.9. The maximum atomic E-state index is 13.2. The molecule has 10 unspecified atom stereocenters. The number of fused-ring (bicyclic) bond motifs is 2. The van der Waals surface area contributed by atoms with E-state index in [4.69, 9.17) is 18.9 Å². The van der Waals surface area contributed by atoms with Gasteiger partial charge in [0.2, 0.25) is 6.29 Å². The Labute approximate surface area is 232 Å². The Morgan fingerprint density at radius 3 is 1.93 bits per heavy atom. The first-order chi connectivity index (χ1) is 19.3. The fourth-order valence-electron chi connectivity index (χ4n) is 5.09. The first kappa shape index (κ1) is 29.3. The van der Waals surface area contributed by atoms with Crippen LogP contribution in [0.2, 0.25) is 0 Å². The Morgan fingerprint density at radius 2 is 1.27 bits per heavy atom. The minimum absolute atomic E-state index is 0.123. The molecule has 8 N–H and O–H groups in total. The number of ether oxygens (including phenoxy) is 4. The molecule has 3 aliphatic rings. The number of carbonyl (C=O) groups is 2. The summed E-state index contributed by atoms with van der Waals surface area (Å²) in [6.45, 7) is 2.47. The van der Waals surface area contributed by atoms with Gasteiger partial charge < -0.3 is 59.8 Å². The number of aryl methyl sites for hydroxylation is 1. The molecule has 14 heteroatoms. The first-order valence-corrected chi connectivity index (χ1v) is 12.8. The van der Waals surface area contributed by atoms with Gasteiger partial charge in [0.15, 0.2) is 29.4 Å². The molecule has 2 saturated heterocycles. The minimum Gasteiger partial charge on any atom is -0.507 e. The van der Waals surface area contributed by atoms with Gasteiger partial charge in [-0.05, 0) is 37.6 Å². The second-order valence-electron chi connectivity index (χ2n) is 10.3. The van der Waals surface area contributed by atoms with E-state index in [1.807, 2.05) is 0 Å². The summed E-state index contributed by atoms with van der Waals surface area (Å²) in [5, 5.41) is 82.6. The summed E-state index contributed by atoms with van der Waals surface area (Å²) in [5.41, 5.74) is -0.514. The lowest BCUT2D eigenvalue weighted by Crippen LogP contribution is -2.61. The number of rotatable bonds is 5. The molecule has 222 valence electrons. The molecule has 0 aromatic heterocycles. The van der Waals surface area contributed by atoms with Crippen LogP contribution in [0, 0.1) is 6.92 Å². The molecule has 2 fully saturated rings. The predicted molar refractivity (Wildman–Crippen MR) is 133 cm³/mol. The average Bonchev–Trinajstić information content (AvgIpc) is 2.94. The third-order valence-electron chi connectivity index (χ3n) is 7.61. The summed E-state index contributed by atoms with van der Waals surface area (Å²) in [7, 11) is 0. The van der Waals surface area contributed by atoms with Gasteiger partial charge >= 0.3 is 0 Å². The molecular weight excluding hydrogens is 548 g/mol. The van der Waals surface area contributed by atoms with Crippen molar-refractivity contribution in [3.05, 3.63) is 52.1 Å². The number of aromatic hydroxyl groups is 2. The number of ketones is 2. The number of phenolic OH excluding ortho intramolecular Hbond substituents is 2. The van der Waals surface area contributed by atoms with Crippen LogP contribution < -0.4 is 4.74 Å². The highest BCUT2D eigenvalue weighted by atomic mass is 16.7. The molecule has 2 aromatic carbocycles. The Morgan fingerprint density at radius 1 is 0.707 bits per heavy atom. The smallest absolute Gasteiger partial charge is 0.229 e. The summed E-state index contributed by atoms with van der Waals surface area (Å²) >= 11 is 0. The Balaban J connectivity index is 1.35. The van der Waals surface area contributed by atoms with Gasteiger partial charge in [-0.2, -0.15) is 0 Å². The van der Waals surface area contributed by atoms with Crippen LogP contribution in [0.3, 0.4) is 0 Å². The summed E-state index contributed by atoms with van der Waals surface area (Å²) in [4.78, 5) is 26.3. The molecule has 0 amide bonds. The van der Waals surface area contributed by atoms with Crippen molar-refractivity contribution in [2.24, 2.45) is 0 Å². The van der Waals surface area contributed by atoms with Crippen molar-refractivity contribution in [3.8, 4) is 17.2 Å². The monoisotopic (exact) mass is 578 g/mol. The van der Waals surface area contributed by atoms with Crippen LogP contribution in [-0.4, -0.2) is 120 Å². The molecular formula is C27H30O14. The van der Waals surface area contributed by atoms with Gasteiger partial charge in [-0.3, -0.25) is 9.59 Å². The van der Waals surface area contributed by atoms with E-state index in [9.17, 15) is 50.4 Å². The second-order valence-corrected chi connectivity index (χ2v) is 10.3. The molecule has 1 aliphatic carbocycles. The third-order valence-corrected chi connectivity index (χ3v) is 7.61. The van der Waals surface area contributed by atoms with E-state index in [0.717, 1.165) is 6.07 Å². The van der Waals surface area contributed by atoms with E-state index in [0.29, 0.717) is 5.56 Å². The van der Waals surface area contributed by atoms with Gasteiger partial charge in [0, 0.05) is 11.1 Å². The lowest BCUT2D eigenvalue weighted by Gasteiger charge is -2.42. The molecule has 0 radical (unpaired) electrons. The fraction of sp³-hybridized carbons (Fsp3) is 0.481. The zero-order valence-electron chi connectivity index (χ0n) is 21.8. The Hall–Kier alpha value is -3.18. The van der Waals surface area contributed by atoms with Crippen molar-refractivity contribution in [1.82, 2.24) is 0 Å². The molecule has 10 atom stereocenters. The van der Waals surface area contributed by atoms with Crippen molar-refractivity contribution >= 4 is 11.6 Å². The lowest BCUT2D eigenvalue weighted by molar-refractivity contribution is -0.318. The molecule has 0 bridgehead atoms. The highest BCUT2D eigenvalue weighted by Gasteiger charge is 2.48. The summed E-state index contributed by atoms with van der Waals surface area (Å²) in [6, 6.07) is 5.13. The zero-order valence-corrected chi connectivity index (χ0v) is 21.8. The van der Waals surface area contributed by atoms with Crippen molar-refractivity contribution in [2.75, 3.05) is 6.61 Å². The fourth-order valence-corrected chi connectivity index (χ4v) is 5.09. The quantitative estimate of drug-likeness (QED) is 0.167. The summed E-state index contributed by atoms with van der Waals surface area (Å²) < 4.78 is 21.9. The van der Waals surface area contributed by atoms with Crippen LogP contribution in [-0.2, 0) is 14.2 Å². The highest BCUT2D eigenvalue weighted by molar-refractivity contribution is 6.30. The van der Waals surface area contributed by atoms with Gasteiger partial charge in [-0.1, -0.05) is 6.07 Å². The van der Waals surface area contributed by atoms with Crippen molar-refractivity contribution in [2.45, 2.75) is 75.3 Å². The average molecular weight is 579 g/mol. The third kappa shape index (κ3) is 4.86. The Kier molecular flexibility index (Phi) is 7.80. The molecule has 0 spiro atoms. The summed E-state index contributed by atoms with van der Waals surface area (Å²) in [5.74, 6) is -2.95. The van der Waals surface area contributed by atoms with Gasteiger partial charge in [0.1, 0.15) is 48.5 Å². The van der Waals surface area contributed by atoms with Crippen LogP contribution in [0.1, 0.15) is 44.3 Å². The zero-order chi connectivity index (χ0) is 29.9. The van der Waals surface area contributed by atoms with E-state index in [2.05, 4.69) is 0 Å². The Bertz CT molecular complexity index is 1360. The number of aliphatic hydroxyl groups is 6. The molecule has 0 saturated carbocycles. The lowest BCUT2D eigenvalue weighted by atomic mass is 9.82. The number of carbonyl (C=O) groups excluding carboxylic acids is 2. The van der Waals surface area contributed by atoms with E-state index in [-0.39, 0.29) is 22.4 Å². The van der Waals surface area contributed by atoms with Gasteiger partial charge in [0.05, 0.1) is 23.8 Å². The van der Waals surface area contributed by atoms with E-state index >= 15 is 0 Å². The molecule has 14 nitrogen and oxygen atoms in total. The van der Waals surface area contributed by atoms with Crippen LogP contribution in [0.5, 0.6) is 17.2 Å². The van der Waals surface area contributed by atoms with Crippen LogP contribution in [0.25, 0.3) is 0 Å². The maximum Gasteiger partial charge on any atom is 0.229 e. The van der Waals surface area contributed by atoms with Crippen LogP contribution in [0.4, 0.5) is 0 Å².